The van der Waals surface area contributed by atoms with Crippen molar-refractivity contribution in [3.8, 4) is 0 Å². The largest absolute Gasteiger partial charge is 0.354 e. The smallest absolute Gasteiger partial charge is 0.237 e. The second kappa shape index (κ2) is 7.83. The zero-order chi connectivity index (χ0) is 17.7. The molecule has 1 unspecified atom stereocenters. The fourth-order valence-corrected chi connectivity index (χ4v) is 3.63. The molecular formula is C22H28N2O. The second-order valence-electron chi connectivity index (χ2n) is 7.25. The molecule has 2 aromatic rings. The van der Waals surface area contributed by atoms with Gasteiger partial charge in [-0.2, -0.15) is 0 Å². The Kier molecular flexibility index (Phi) is 5.54. The van der Waals surface area contributed by atoms with Crippen molar-refractivity contribution < 1.29 is 4.79 Å². The summed E-state index contributed by atoms with van der Waals surface area (Å²) >= 11 is 0. The maximum atomic E-state index is 12.7. The highest BCUT2D eigenvalue weighted by atomic mass is 16.2. The van der Waals surface area contributed by atoms with E-state index in [0.29, 0.717) is 6.42 Å². The van der Waals surface area contributed by atoms with E-state index in [9.17, 15) is 4.79 Å². The summed E-state index contributed by atoms with van der Waals surface area (Å²) in [7, 11) is 1.86. The molecule has 1 aliphatic rings. The van der Waals surface area contributed by atoms with E-state index in [4.69, 9.17) is 0 Å². The number of hydrogen-bond donors (Lipinski definition) is 2. The minimum atomic E-state index is -0.199. The molecule has 2 aromatic carbocycles. The molecule has 0 radical (unpaired) electrons. The molecule has 1 aliphatic carbocycles. The van der Waals surface area contributed by atoms with Crippen LogP contribution in [0.3, 0.4) is 0 Å². The Hall–Kier alpha value is -2.13. The van der Waals surface area contributed by atoms with Crippen molar-refractivity contribution in [3.63, 3.8) is 0 Å². The van der Waals surface area contributed by atoms with Crippen LogP contribution in [0, 0.1) is 6.92 Å². The number of likely N-dealkylation sites (N-methyl/N-ethyl adjacent to an activating group) is 1. The van der Waals surface area contributed by atoms with Gasteiger partial charge in [0.25, 0.3) is 0 Å². The third-order valence-corrected chi connectivity index (χ3v) is 5.52. The average Bonchev–Trinajstić information content (AvgIpc) is 2.61. The molecule has 3 rings (SSSR count). The van der Waals surface area contributed by atoms with Gasteiger partial charge in [0.05, 0.1) is 6.04 Å². The summed E-state index contributed by atoms with van der Waals surface area (Å²) in [6.45, 7) is 2.80. The highest BCUT2D eigenvalue weighted by Gasteiger charge is 2.39. The summed E-state index contributed by atoms with van der Waals surface area (Å²) in [5, 5.41) is 6.37. The average molecular weight is 336 g/mol. The summed E-state index contributed by atoms with van der Waals surface area (Å²) in [5.74, 6) is 0.0882. The highest BCUT2D eigenvalue weighted by molar-refractivity contribution is 5.82. The quantitative estimate of drug-likeness (QED) is 0.814. The Morgan fingerprint density at radius 3 is 2.32 bits per heavy atom. The predicted octanol–water partition coefficient (Wildman–Crippen LogP) is 3.36. The molecule has 2 N–H and O–H groups in total. The number of aryl methyl sites for hydroxylation is 1. The molecule has 0 heterocycles. The van der Waals surface area contributed by atoms with Crippen LogP contribution < -0.4 is 10.6 Å². The van der Waals surface area contributed by atoms with Gasteiger partial charge in [0.1, 0.15) is 0 Å². The SMILES string of the molecule is CNC(Cc1ccc(C)cc1)C(=O)NCC1(c2ccccc2)CCC1. The lowest BCUT2D eigenvalue weighted by atomic mass is 9.64. The second-order valence-corrected chi connectivity index (χ2v) is 7.25. The molecule has 1 saturated carbocycles. The van der Waals surface area contributed by atoms with E-state index in [2.05, 4.69) is 66.1 Å². The van der Waals surface area contributed by atoms with E-state index in [1.54, 1.807) is 0 Å². The van der Waals surface area contributed by atoms with Gasteiger partial charge in [-0.3, -0.25) is 4.79 Å². The van der Waals surface area contributed by atoms with Crippen LogP contribution in [0.4, 0.5) is 0 Å². The van der Waals surface area contributed by atoms with Crippen molar-refractivity contribution in [3.05, 3.63) is 71.3 Å². The van der Waals surface area contributed by atoms with Crippen LogP contribution in [0.2, 0.25) is 0 Å². The predicted molar refractivity (Wildman–Crippen MR) is 103 cm³/mol. The lowest BCUT2D eigenvalue weighted by Gasteiger charge is -2.43. The molecule has 0 bridgehead atoms. The van der Waals surface area contributed by atoms with Crippen molar-refractivity contribution in [1.82, 2.24) is 10.6 Å². The van der Waals surface area contributed by atoms with E-state index < -0.39 is 0 Å². The minimum absolute atomic E-state index is 0.0882. The number of hydrogen-bond acceptors (Lipinski definition) is 2. The summed E-state index contributed by atoms with van der Waals surface area (Å²) < 4.78 is 0. The van der Waals surface area contributed by atoms with E-state index in [0.717, 1.165) is 19.4 Å². The van der Waals surface area contributed by atoms with Crippen LogP contribution >= 0.6 is 0 Å². The normalized spacial score (nSPS) is 16.7. The molecule has 0 aromatic heterocycles. The summed E-state index contributed by atoms with van der Waals surface area (Å²) in [6.07, 6.45) is 4.25. The van der Waals surface area contributed by atoms with Gasteiger partial charge in [0.15, 0.2) is 0 Å². The molecule has 0 saturated heterocycles. The maximum Gasteiger partial charge on any atom is 0.237 e. The maximum absolute atomic E-state index is 12.7. The lowest BCUT2D eigenvalue weighted by molar-refractivity contribution is -0.123. The number of rotatable bonds is 7. The van der Waals surface area contributed by atoms with E-state index in [1.807, 2.05) is 13.1 Å². The number of carbonyl (C=O) groups is 1. The van der Waals surface area contributed by atoms with Crippen molar-refractivity contribution in [2.75, 3.05) is 13.6 Å². The first-order valence-corrected chi connectivity index (χ1v) is 9.19. The Labute approximate surface area is 150 Å². The van der Waals surface area contributed by atoms with Gasteiger partial charge >= 0.3 is 0 Å². The Morgan fingerprint density at radius 2 is 1.76 bits per heavy atom. The van der Waals surface area contributed by atoms with Crippen LogP contribution in [-0.2, 0) is 16.6 Å². The minimum Gasteiger partial charge on any atom is -0.354 e. The fraction of sp³-hybridized carbons (Fsp3) is 0.409. The number of carbonyl (C=O) groups excluding carboxylic acids is 1. The van der Waals surface area contributed by atoms with Gasteiger partial charge in [-0.05, 0) is 44.4 Å². The molecule has 132 valence electrons. The Balaban J connectivity index is 1.61. The highest BCUT2D eigenvalue weighted by Crippen LogP contribution is 2.43. The number of amides is 1. The first-order chi connectivity index (χ1) is 12.1. The molecule has 0 spiro atoms. The molecule has 1 atom stereocenters. The summed E-state index contributed by atoms with van der Waals surface area (Å²) in [4.78, 5) is 12.7. The molecular weight excluding hydrogens is 308 g/mol. The van der Waals surface area contributed by atoms with Crippen LogP contribution in [-0.4, -0.2) is 25.5 Å². The van der Waals surface area contributed by atoms with Gasteiger partial charge in [-0.25, -0.2) is 0 Å². The van der Waals surface area contributed by atoms with Crippen LogP contribution in [0.25, 0.3) is 0 Å². The van der Waals surface area contributed by atoms with Gasteiger partial charge < -0.3 is 10.6 Å². The molecule has 3 nitrogen and oxygen atoms in total. The van der Waals surface area contributed by atoms with Gasteiger partial charge in [0, 0.05) is 12.0 Å². The van der Waals surface area contributed by atoms with Crippen molar-refractivity contribution in [2.45, 2.75) is 44.1 Å². The zero-order valence-electron chi connectivity index (χ0n) is 15.2. The monoisotopic (exact) mass is 336 g/mol. The molecule has 0 aliphatic heterocycles. The molecule has 3 heteroatoms. The van der Waals surface area contributed by atoms with Crippen LogP contribution in [0.5, 0.6) is 0 Å². The lowest BCUT2D eigenvalue weighted by Crippen LogP contribution is -2.50. The van der Waals surface area contributed by atoms with Crippen LogP contribution in [0.1, 0.15) is 36.0 Å². The number of benzene rings is 2. The first-order valence-electron chi connectivity index (χ1n) is 9.19. The first kappa shape index (κ1) is 17.7. The van der Waals surface area contributed by atoms with Crippen LogP contribution in [0.15, 0.2) is 54.6 Å². The Bertz CT molecular complexity index is 690. The summed E-state index contributed by atoms with van der Waals surface area (Å²) in [5.41, 5.74) is 3.89. The standard InChI is InChI=1S/C22H28N2O/c1-17-9-11-18(12-10-17)15-20(23-2)21(25)24-16-22(13-6-14-22)19-7-4-3-5-8-19/h3-5,7-12,20,23H,6,13-16H2,1-2H3,(H,24,25). The van der Waals surface area contributed by atoms with Gasteiger partial charge in [0.2, 0.25) is 5.91 Å². The molecule has 1 fully saturated rings. The van der Waals surface area contributed by atoms with Gasteiger partial charge in [-0.1, -0.05) is 66.6 Å². The third-order valence-electron chi connectivity index (χ3n) is 5.52. The summed E-state index contributed by atoms with van der Waals surface area (Å²) in [6, 6.07) is 18.8. The van der Waals surface area contributed by atoms with Crippen molar-refractivity contribution in [2.24, 2.45) is 0 Å². The molecule has 1 amide bonds. The van der Waals surface area contributed by atoms with E-state index in [1.165, 1.54) is 23.1 Å². The van der Waals surface area contributed by atoms with Crippen molar-refractivity contribution in [1.29, 1.82) is 0 Å². The Morgan fingerprint density at radius 1 is 1.08 bits per heavy atom. The van der Waals surface area contributed by atoms with Crippen molar-refractivity contribution >= 4 is 5.91 Å². The molecule has 25 heavy (non-hydrogen) atoms. The number of nitrogens with one attached hydrogen (secondary N) is 2. The van der Waals surface area contributed by atoms with Gasteiger partial charge in [-0.15, -0.1) is 0 Å². The zero-order valence-corrected chi connectivity index (χ0v) is 15.2. The van der Waals surface area contributed by atoms with E-state index in [-0.39, 0.29) is 17.4 Å². The third kappa shape index (κ3) is 4.10. The van der Waals surface area contributed by atoms with E-state index >= 15 is 0 Å². The topological polar surface area (TPSA) is 41.1 Å². The fourth-order valence-electron chi connectivity index (χ4n) is 3.63.